The number of halogens is 1. The first kappa shape index (κ1) is 25.5. The van der Waals surface area contributed by atoms with Crippen molar-refractivity contribution in [1.29, 1.82) is 0 Å². The van der Waals surface area contributed by atoms with E-state index in [1.54, 1.807) is 18.7 Å². The maximum Gasteiger partial charge on any atom is 0.341 e. The molecule has 0 aliphatic rings. The van der Waals surface area contributed by atoms with Crippen molar-refractivity contribution in [2.24, 2.45) is 0 Å². The average Bonchev–Trinajstić information content (AvgIpc) is 2.76. The van der Waals surface area contributed by atoms with Gasteiger partial charge < -0.3 is 9.64 Å². The SMILES string of the molecule is CCN(CC)S(=O)(=O)c1ccc(F)c(C(=O)OCC(=O)N(Cc2ccccc2)C(C)C)c1. The van der Waals surface area contributed by atoms with Gasteiger partial charge in [-0.25, -0.2) is 17.6 Å². The number of esters is 1. The van der Waals surface area contributed by atoms with E-state index in [-0.39, 0.29) is 24.0 Å². The molecule has 0 unspecified atom stereocenters. The molecule has 174 valence electrons. The maximum atomic E-state index is 14.3. The Morgan fingerprint density at radius 3 is 2.22 bits per heavy atom. The predicted molar refractivity (Wildman–Crippen MR) is 119 cm³/mol. The summed E-state index contributed by atoms with van der Waals surface area (Å²) in [7, 11) is -3.88. The number of carbonyl (C=O) groups is 2. The minimum atomic E-state index is -3.88. The molecule has 9 heteroatoms. The van der Waals surface area contributed by atoms with Crippen LogP contribution in [0.1, 0.15) is 43.6 Å². The van der Waals surface area contributed by atoms with Crippen LogP contribution in [0.2, 0.25) is 0 Å². The quantitative estimate of drug-likeness (QED) is 0.503. The van der Waals surface area contributed by atoms with E-state index in [2.05, 4.69) is 0 Å². The van der Waals surface area contributed by atoms with Crippen molar-refractivity contribution in [2.75, 3.05) is 19.7 Å². The minimum Gasteiger partial charge on any atom is -0.452 e. The topological polar surface area (TPSA) is 84.0 Å². The summed E-state index contributed by atoms with van der Waals surface area (Å²) >= 11 is 0. The van der Waals surface area contributed by atoms with Crippen molar-refractivity contribution >= 4 is 21.9 Å². The third kappa shape index (κ3) is 6.14. The minimum absolute atomic E-state index is 0.152. The molecule has 0 saturated carbocycles. The largest absolute Gasteiger partial charge is 0.452 e. The van der Waals surface area contributed by atoms with Crippen LogP contribution in [-0.4, -0.2) is 55.2 Å². The van der Waals surface area contributed by atoms with Gasteiger partial charge in [0.25, 0.3) is 5.91 Å². The first-order valence-electron chi connectivity index (χ1n) is 10.4. The highest BCUT2D eigenvalue weighted by Crippen LogP contribution is 2.20. The highest BCUT2D eigenvalue weighted by atomic mass is 32.2. The summed E-state index contributed by atoms with van der Waals surface area (Å²) in [6, 6.07) is 12.2. The summed E-state index contributed by atoms with van der Waals surface area (Å²) in [5, 5.41) is 0. The molecule has 0 fully saturated rings. The zero-order chi connectivity index (χ0) is 23.9. The molecule has 2 rings (SSSR count). The smallest absolute Gasteiger partial charge is 0.341 e. The standard InChI is InChI=1S/C23H29FN2O5S/c1-5-25(6-2)32(29,30)19-12-13-21(24)20(14-19)23(28)31-16-22(27)26(17(3)4)15-18-10-8-7-9-11-18/h7-14,17H,5-6,15-16H2,1-4H3. The van der Waals surface area contributed by atoms with Gasteiger partial charge in [-0.2, -0.15) is 4.31 Å². The molecule has 0 radical (unpaired) electrons. The maximum absolute atomic E-state index is 14.3. The summed E-state index contributed by atoms with van der Waals surface area (Å²) in [5.74, 6) is -2.47. The normalized spacial score (nSPS) is 11.6. The Hall–Kier alpha value is -2.78. The second kappa shape index (κ2) is 11.2. The van der Waals surface area contributed by atoms with Crippen molar-refractivity contribution in [3.05, 3.63) is 65.5 Å². The Morgan fingerprint density at radius 2 is 1.66 bits per heavy atom. The molecule has 0 spiro atoms. The van der Waals surface area contributed by atoms with Gasteiger partial charge in [-0.1, -0.05) is 44.2 Å². The van der Waals surface area contributed by atoms with Crippen molar-refractivity contribution in [3.8, 4) is 0 Å². The molecule has 0 atom stereocenters. The molecular formula is C23H29FN2O5S. The Labute approximate surface area is 188 Å². The number of sulfonamides is 1. The second-order valence-corrected chi connectivity index (χ2v) is 9.35. The number of nitrogens with zero attached hydrogens (tertiary/aromatic N) is 2. The number of amides is 1. The number of benzene rings is 2. The van der Waals surface area contributed by atoms with Crippen LogP contribution >= 0.6 is 0 Å². The average molecular weight is 465 g/mol. The molecular weight excluding hydrogens is 435 g/mol. The van der Waals surface area contributed by atoms with Crippen molar-refractivity contribution in [3.63, 3.8) is 0 Å². The first-order valence-corrected chi connectivity index (χ1v) is 11.9. The van der Waals surface area contributed by atoms with Crippen LogP contribution in [0.25, 0.3) is 0 Å². The third-order valence-corrected chi connectivity index (χ3v) is 7.01. The number of rotatable bonds is 10. The van der Waals surface area contributed by atoms with Crippen molar-refractivity contribution < 1.29 is 27.1 Å². The van der Waals surface area contributed by atoms with E-state index >= 15 is 0 Å². The van der Waals surface area contributed by atoms with E-state index in [0.29, 0.717) is 6.54 Å². The Kier molecular flexibility index (Phi) is 8.91. The summed E-state index contributed by atoms with van der Waals surface area (Å²) in [6.45, 7) is 7.25. The molecule has 0 aromatic heterocycles. The fraction of sp³-hybridized carbons (Fsp3) is 0.391. The number of hydrogen-bond donors (Lipinski definition) is 0. The molecule has 0 saturated heterocycles. The molecule has 1 amide bonds. The molecule has 0 bridgehead atoms. The van der Waals surface area contributed by atoms with Crippen LogP contribution in [0.5, 0.6) is 0 Å². The summed E-state index contributed by atoms with van der Waals surface area (Å²) in [4.78, 5) is 26.5. The lowest BCUT2D eigenvalue weighted by Crippen LogP contribution is -2.39. The monoisotopic (exact) mass is 464 g/mol. The fourth-order valence-electron chi connectivity index (χ4n) is 3.16. The van der Waals surface area contributed by atoms with E-state index in [9.17, 15) is 22.4 Å². The van der Waals surface area contributed by atoms with Gasteiger partial charge in [0.2, 0.25) is 10.0 Å². The van der Waals surface area contributed by atoms with Gasteiger partial charge in [-0.3, -0.25) is 4.79 Å². The summed E-state index contributed by atoms with van der Waals surface area (Å²) < 4.78 is 45.9. The van der Waals surface area contributed by atoms with Gasteiger partial charge in [0.15, 0.2) is 6.61 Å². The lowest BCUT2D eigenvalue weighted by Gasteiger charge is -2.26. The molecule has 0 N–H and O–H groups in total. The number of hydrogen-bond acceptors (Lipinski definition) is 5. The predicted octanol–water partition coefficient (Wildman–Crippen LogP) is 3.45. The van der Waals surface area contributed by atoms with Crippen LogP contribution in [-0.2, 0) is 26.1 Å². The van der Waals surface area contributed by atoms with Crippen LogP contribution in [0.15, 0.2) is 53.4 Å². The zero-order valence-corrected chi connectivity index (χ0v) is 19.6. The van der Waals surface area contributed by atoms with Crippen molar-refractivity contribution in [2.45, 2.75) is 45.2 Å². The van der Waals surface area contributed by atoms with Crippen LogP contribution in [0.3, 0.4) is 0 Å². The van der Waals surface area contributed by atoms with Gasteiger partial charge in [0, 0.05) is 25.7 Å². The van der Waals surface area contributed by atoms with E-state index in [4.69, 9.17) is 4.74 Å². The summed E-state index contributed by atoms with van der Waals surface area (Å²) in [5.41, 5.74) is 0.381. The van der Waals surface area contributed by atoms with Crippen LogP contribution in [0, 0.1) is 5.82 Å². The lowest BCUT2D eigenvalue weighted by atomic mass is 10.2. The fourth-order valence-corrected chi connectivity index (χ4v) is 4.65. The van der Waals surface area contributed by atoms with Gasteiger partial charge in [-0.15, -0.1) is 0 Å². The molecule has 7 nitrogen and oxygen atoms in total. The zero-order valence-electron chi connectivity index (χ0n) is 18.7. The summed E-state index contributed by atoms with van der Waals surface area (Å²) in [6.07, 6.45) is 0. The van der Waals surface area contributed by atoms with Gasteiger partial charge in [0.1, 0.15) is 5.82 Å². The van der Waals surface area contributed by atoms with E-state index < -0.39 is 39.9 Å². The van der Waals surface area contributed by atoms with Crippen LogP contribution in [0.4, 0.5) is 4.39 Å². The Balaban J connectivity index is 2.15. The van der Waals surface area contributed by atoms with Crippen LogP contribution < -0.4 is 0 Å². The van der Waals surface area contributed by atoms with Gasteiger partial charge in [-0.05, 0) is 37.6 Å². The van der Waals surface area contributed by atoms with Crippen molar-refractivity contribution in [1.82, 2.24) is 9.21 Å². The van der Waals surface area contributed by atoms with E-state index in [1.807, 2.05) is 44.2 Å². The molecule has 0 heterocycles. The molecule has 2 aromatic rings. The number of carbonyl (C=O) groups excluding carboxylic acids is 2. The highest BCUT2D eigenvalue weighted by molar-refractivity contribution is 7.89. The Morgan fingerprint density at radius 1 is 1.03 bits per heavy atom. The molecule has 0 aliphatic heterocycles. The molecule has 0 aliphatic carbocycles. The third-order valence-electron chi connectivity index (χ3n) is 4.97. The van der Waals surface area contributed by atoms with E-state index in [0.717, 1.165) is 23.8 Å². The highest BCUT2D eigenvalue weighted by Gasteiger charge is 2.26. The molecule has 2 aromatic carbocycles. The second-order valence-electron chi connectivity index (χ2n) is 7.41. The first-order chi connectivity index (χ1) is 15.1. The van der Waals surface area contributed by atoms with E-state index in [1.165, 1.54) is 4.31 Å². The molecule has 32 heavy (non-hydrogen) atoms. The Bertz CT molecular complexity index is 1040. The van der Waals surface area contributed by atoms with Gasteiger partial charge in [0.05, 0.1) is 10.5 Å². The lowest BCUT2D eigenvalue weighted by molar-refractivity contribution is -0.136. The van der Waals surface area contributed by atoms with Gasteiger partial charge >= 0.3 is 5.97 Å². The number of ether oxygens (including phenoxy) is 1.